The molecule has 0 N–H and O–H groups in total. The monoisotopic (exact) mass is 630 g/mol. The summed E-state index contributed by atoms with van der Waals surface area (Å²) in [5.74, 6) is 0.493. The summed E-state index contributed by atoms with van der Waals surface area (Å²) >= 11 is 3.63. The second kappa shape index (κ2) is 12.8. The second-order valence-corrected chi connectivity index (χ2v) is 13.2. The molecule has 1 aliphatic rings. The van der Waals surface area contributed by atoms with Gasteiger partial charge in [0.25, 0.3) is 0 Å². The van der Waals surface area contributed by atoms with E-state index >= 15 is 0 Å². The third-order valence-corrected chi connectivity index (χ3v) is 8.83. The van der Waals surface area contributed by atoms with Gasteiger partial charge in [-0.2, -0.15) is 0 Å². The van der Waals surface area contributed by atoms with Gasteiger partial charge in [0.1, 0.15) is 0 Å². The molecule has 0 fully saturated rings. The molecule has 0 aromatic heterocycles. The quantitative estimate of drug-likeness (QED) is 0.200. The Morgan fingerprint density at radius 3 is 1.60 bits per heavy atom. The summed E-state index contributed by atoms with van der Waals surface area (Å²) < 4.78 is 1.07. The predicted octanol–water partition coefficient (Wildman–Crippen LogP) is 12.7. The Morgan fingerprint density at radius 1 is 0.628 bits per heavy atom. The van der Waals surface area contributed by atoms with E-state index in [2.05, 4.69) is 178 Å². The molecule has 43 heavy (non-hydrogen) atoms. The number of anilines is 5. The summed E-state index contributed by atoms with van der Waals surface area (Å²) in [5.41, 5.74) is 16.2. The maximum atomic E-state index is 3.63. The van der Waals surface area contributed by atoms with Crippen molar-refractivity contribution in [1.82, 2.24) is 0 Å². The van der Waals surface area contributed by atoms with E-state index in [1.54, 1.807) is 0 Å². The van der Waals surface area contributed by atoms with E-state index in [0.717, 1.165) is 28.0 Å². The number of nitrogens with zero attached hydrogens (tertiary/aromatic N) is 2. The van der Waals surface area contributed by atoms with Gasteiger partial charge in [0.15, 0.2) is 0 Å². The van der Waals surface area contributed by atoms with Crippen molar-refractivity contribution in [2.24, 2.45) is 0 Å². The van der Waals surface area contributed by atoms with Crippen LogP contribution in [0, 0.1) is 20.8 Å². The summed E-state index contributed by atoms with van der Waals surface area (Å²) in [6.07, 6.45) is 5.59. The standard InChI is InChI=1S/C40H43BrN2/c1-26(2)33-11-15-35(16-12-33)42(39-29(5)10-9-27(3)23-30(39)6)37-19-21-38(22-20-37)43(36-17-13-34(41)14-18-36)40-31(7)24-28(4)25-32(40)8/h9,11-26H,10H2,1-8H3. The van der Waals surface area contributed by atoms with Gasteiger partial charge in [0.2, 0.25) is 0 Å². The van der Waals surface area contributed by atoms with Gasteiger partial charge < -0.3 is 9.80 Å². The zero-order valence-corrected chi connectivity index (χ0v) is 28.4. The van der Waals surface area contributed by atoms with Gasteiger partial charge in [-0.1, -0.05) is 77.3 Å². The molecule has 0 atom stereocenters. The number of aryl methyl sites for hydroxylation is 3. The average molecular weight is 632 g/mol. The SMILES string of the molecule is CC1=CCC(C)=C(N(c2ccc(C(C)C)cc2)c2ccc(N(c3ccc(Br)cc3)c3c(C)cc(C)cc3C)cc2)C(C)=C1. The molecule has 0 bridgehead atoms. The van der Waals surface area contributed by atoms with Crippen molar-refractivity contribution in [1.29, 1.82) is 0 Å². The number of hydrogen-bond donors (Lipinski definition) is 0. The average Bonchev–Trinajstić information content (AvgIpc) is 3.09. The lowest BCUT2D eigenvalue weighted by Crippen LogP contribution is -2.19. The summed E-state index contributed by atoms with van der Waals surface area (Å²) in [7, 11) is 0. The van der Waals surface area contributed by atoms with Crippen molar-refractivity contribution in [2.45, 2.75) is 67.7 Å². The Bertz CT molecular complexity index is 1680. The van der Waals surface area contributed by atoms with Gasteiger partial charge in [0, 0.05) is 32.9 Å². The fourth-order valence-corrected chi connectivity index (χ4v) is 6.54. The first kappa shape index (κ1) is 30.6. The van der Waals surface area contributed by atoms with Gasteiger partial charge in [0.05, 0.1) is 5.69 Å². The molecule has 1 aliphatic carbocycles. The molecule has 0 amide bonds. The lowest BCUT2D eigenvalue weighted by Gasteiger charge is -2.32. The highest BCUT2D eigenvalue weighted by Crippen LogP contribution is 2.42. The van der Waals surface area contributed by atoms with E-state index in [1.807, 2.05) is 0 Å². The van der Waals surface area contributed by atoms with Gasteiger partial charge in [-0.25, -0.2) is 0 Å². The molecule has 0 unspecified atom stereocenters. The molecular formula is C40H43BrN2. The van der Waals surface area contributed by atoms with Crippen LogP contribution in [0.2, 0.25) is 0 Å². The molecule has 0 spiro atoms. The Hall–Kier alpha value is -3.82. The van der Waals surface area contributed by atoms with Crippen LogP contribution in [0.5, 0.6) is 0 Å². The van der Waals surface area contributed by atoms with E-state index in [4.69, 9.17) is 0 Å². The molecule has 220 valence electrons. The highest BCUT2D eigenvalue weighted by Gasteiger charge is 2.22. The van der Waals surface area contributed by atoms with Crippen LogP contribution in [-0.4, -0.2) is 0 Å². The maximum Gasteiger partial charge on any atom is 0.0520 e. The van der Waals surface area contributed by atoms with Crippen molar-refractivity contribution < 1.29 is 0 Å². The van der Waals surface area contributed by atoms with Gasteiger partial charge in [-0.15, -0.1) is 0 Å². The Labute approximate surface area is 267 Å². The zero-order valence-electron chi connectivity index (χ0n) is 26.8. The molecule has 0 radical (unpaired) electrons. The van der Waals surface area contributed by atoms with Crippen molar-refractivity contribution in [2.75, 3.05) is 9.80 Å². The van der Waals surface area contributed by atoms with E-state index < -0.39 is 0 Å². The Morgan fingerprint density at radius 2 is 1.09 bits per heavy atom. The topological polar surface area (TPSA) is 6.48 Å². The molecule has 3 heteroatoms. The summed E-state index contributed by atoms with van der Waals surface area (Å²) in [5, 5.41) is 0. The number of halogens is 1. The third kappa shape index (κ3) is 6.58. The second-order valence-electron chi connectivity index (χ2n) is 12.3. The first-order valence-electron chi connectivity index (χ1n) is 15.2. The minimum Gasteiger partial charge on any atom is -0.310 e. The van der Waals surface area contributed by atoms with Crippen LogP contribution in [0.1, 0.15) is 69.2 Å². The Kier molecular flexibility index (Phi) is 9.13. The van der Waals surface area contributed by atoms with Crippen molar-refractivity contribution in [3.8, 4) is 0 Å². The van der Waals surface area contributed by atoms with Gasteiger partial charge in [-0.3, -0.25) is 0 Å². The van der Waals surface area contributed by atoms with Crippen molar-refractivity contribution in [3.05, 3.63) is 146 Å². The van der Waals surface area contributed by atoms with Crippen LogP contribution in [0.15, 0.2) is 124 Å². The lowest BCUT2D eigenvalue weighted by atomic mass is 10.0. The number of benzene rings is 4. The third-order valence-electron chi connectivity index (χ3n) is 8.30. The molecule has 2 nitrogen and oxygen atoms in total. The van der Waals surface area contributed by atoms with Crippen LogP contribution in [-0.2, 0) is 0 Å². The van der Waals surface area contributed by atoms with Crippen LogP contribution < -0.4 is 9.80 Å². The van der Waals surface area contributed by atoms with Crippen LogP contribution in [0.25, 0.3) is 0 Å². The van der Waals surface area contributed by atoms with Crippen molar-refractivity contribution in [3.63, 3.8) is 0 Å². The highest BCUT2D eigenvalue weighted by atomic mass is 79.9. The van der Waals surface area contributed by atoms with E-state index in [0.29, 0.717) is 5.92 Å². The number of allylic oxidation sites excluding steroid dienone is 5. The molecule has 0 saturated carbocycles. The normalized spacial score (nSPS) is 13.5. The van der Waals surface area contributed by atoms with E-state index in [1.165, 1.54) is 56.0 Å². The minimum absolute atomic E-state index is 0.493. The first-order chi connectivity index (χ1) is 20.5. The van der Waals surface area contributed by atoms with E-state index in [-0.39, 0.29) is 0 Å². The zero-order chi connectivity index (χ0) is 30.8. The fraction of sp³-hybridized carbons (Fsp3) is 0.250. The van der Waals surface area contributed by atoms with Gasteiger partial charge >= 0.3 is 0 Å². The van der Waals surface area contributed by atoms with Crippen molar-refractivity contribution >= 4 is 44.4 Å². The molecule has 5 rings (SSSR count). The lowest BCUT2D eigenvalue weighted by molar-refractivity contribution is 0.866. The van der Waals surface area contributed by atoms with Gasteiger partial charge in [-0.05, 0) is 142 Å². The minimum atomic E-state index is 0.493. The van der Waals surface area contributed by atoms with Crippen LogP contribution in [0.4, 0.5) is 28.4 Å². The summed E-state index contributed by atoms with van der Waals surface area (Å²) in [6.45, 7) is 17.8. The summed E-state index contributed by atoms with van der Waals surface area (Å²) in [6, 6.07) is 31.3. The molecular weight excluding hydrogens is 588 g/mol. The highest BCUT2D eigenvalue weighted by molar-refractivity contribution is 9.10. The molecule has 0 aliphatic heterocycles. The number of hydrogen-bond acceptors (Lipinski definition) is 2. The molecule has 0 heterocycles. The maximum absolute atomic E-state index is 3.63. The Balaban J connectivity index is 1.65. The van der Waals surface area contributed by atoms with Crippen LogP contribution in [0.3, 0.4) is 0 Å². The first-order valence-corrected chi connectivity index (χ1v) is 16.0. The summed E-state index contributed by atoms with van der Waals surface area (Å²) in [4.78, 5) is 4.82. The smallest absolute Gasteiger partial charge is 0.0520 e. The molecule has 4 aromatic rings. The predicted molar refractivity (Wildman–Crippen MR) is 191 cm³/mol. The molecule has 0 saturated heterocycles. The van der Waals surface area contributed by atoms with Crippen LogP contribution >= 0.6 is 15.9 Å². The fourth-order valence-electron chi connectivity index (χ4n) is 6.27. The number of rotatable bonds is 7. The molecule has 4 aromatic carbocycles. The van der Waals surface area contributed by atoms with E-state index in [9.17, 15) is 0 Å². The largest absolute Gasteiger partial charge is 0.310 e.